The van der Waals surface area contributed by atoms with E-state index in [1.807, 2.05) is 4.31 Å². The molecule has 1 saturated heterocycles. The SMILES string of the molecule is CS(=O)N1CCCC(c2cc(Nc3cc(C(F)(F)F)ccn3)nc(C3CCC3)n2)C1. The molecule has 30 heavy (non-hydrogen) atoms. The van der Waals surface area contributed by atoms with E-state index in [2.05, 4.69) is 15.3 Å². The second-order valence-electron chi connectivity index (χ2n) is 7.87. The zero-order chi connectivity index (χ0) is 21.3. The molecule has 6 nitrogen and oxygen atoms in total. The number of halogens is 3. The Morgan fingerprint density at radius 2 is 1.87 bits per heavy atom. The summed E-state index contributed by atoms with van der Waals surface area (Å²) < 4.78 is 52.9. The Morgan fingerprint density at radius 3 is 2.53 bits per heavy atom. The molecule has 1 aliphatic carbocycles. The zero-order valence-electron chi connectivity index (χ0n) is 16.7. The maximum atomic E-state index is 13.0. The standard InChI is InChI=1S/C20H24F3N5OS/c1-30(29)28-9-3-6-14(12-28)16-11-18(27-19(25-16)13-4-2-5-13)26-17-10-15(7-8-24-17)20(21,22)23/h7-8,10-11,13-14H,2-6,9,12H2,1H3,(H,24,25,26,27). The first-order valence-electron chi connectivity index (χ1n) is 10.1. The lowest BCUT2D eigenvalue weighted by atomic mass is 9.84. The molecule has 2 aliphatic rings. The highest BCUT2D eigenvalue weighted by molar-refractivity contribution is 7.81. The molecular weight excluding hydrogens is 415 g/mol. The lowest BCUT2D eigenvalue weighted by Gasteiger charge is -2.31. The van der Waals surface area contributed by atoms with Gasteiger partial charge in [-0.1, -0.05) is 6.42 Å². The van der Waals surface area contributed by atoms with Gasteiger partial charge >= 0.3 is 6.18 Å². The summed E-state index contributed by atoms with van der Waals surface area (Å²) in [5, 5.41) is 2.94. The largest absolute Gasteiger partial charge is 0.416 e. The van der Waals surface area contributed by atoms with Crippen LogP contribution in [0.3, 0.4) is 0 Å². The van der Waals surface area contributed by atoms with Crippen LogP contribution in [0.4, 0.5) is 24.8 Å². The van der Waals surface area contributed by atoms with Gasteiger partial charge < -0.3 is 5.32 Å². The van der Waals surface area contributed by atoms with E-state index in [9.17, 15) is 17.4 Å². The third-order valence-corrected chi connectivity index (χ3v) is 6.80. The van der Waals surface area contributed by atoms with Crippen LogP contribution in [0.15, 0.2) is 24.4 Å². The average Bonchev–Trinajstić information content (AvgIpc) is 2.66. The quantitative estimate of drug-likeness (QED) is 0.749. The normalized spacial score (nSPS) is 21.8. The lowest BCUT2D eigenvalue weighted by Crippen LogP contribution is -2.35. The van der Waals surface area contributed by atoms with Crippen molar-refractivity contribution in [3.8, 4) is 0 Å². The summed E-state index contributed by atoms with van der Waals surface area (Å²) in [6.45, 7) is 1.44. The highest BCUT2D eigenvalue weighted by Gasteiger charge is 2.31. The molecule has 2 fully saturated rings. The molecule has 0 radical (unpaired) electrons. The van der Waals surface area contributed by atoms with Gasteiger partial charge in [0.2, 0.25) is 0 Å². The summed E-state index contributed by atoms with van der Waals surface area (Å²) in [6, 6.07) is 3.71. The second-order valence-corrected chi connectivity index (χ2v) is 9.23. The van der Waals surface area contributed by atoms with Gasteiger partial charge in [0, 0.05) is 43.4 Å². The van der Waals surface area contributed by atoms with E-state index in [1.165, 1.54) is 0 Å². The molecule has 3 heterocycles. The van der Waals surface area contributed by atoms with Crippen LogP contribution < -0.4 is 5.32 Å². The molecule has 1 aliphatic heterocycles. The molecule has 1 saturated carbocycles. The van der Waals surface area contributed by atoms with Crippen molar-refractivity contribution in [2.75, 3.05) is 24.7 Å². The van der Waals surface area contributed by atoms with Crippen molar-refractivity contribution in [1.82, 2.24) is 19.3 Å². The predicted octanol–water partition coefficient (Wildman–Crippen LogP) is 4.37. The van der Waals surface area contributed by atoms with Crippen molar-refractivity contribution >= 4 is 22.6 Å². The molecule has 2 unspecified atom stereocenters. The smallest absolute Gasteiger partial charge is 0.325 e. The topological polar surface area (TPSA) is 71.0 Å². The van der Waals surface area contributed by atoms with Gasteiger partial charge in [0.1, 0.15) is 17.5 Å². The Labute approximate surface area is 175 Å². The van der Waals surface area contributed by atoms with Gasteiger partial charge in [0.05, 0.1) is 22.2 Å². The molecule has 4 rings (SSSR count). The minimum atomic E-state index is -4.44. The maximum Gasteiger partial charge on any atom is 0.416 e. The maximum absolute atomic E-state index is 13.0. The minimum absolute atomic E-state index is 0.0916. The van der Waals surface area contributed by atoms with Crippen LogP contribution >= 0.6 is 0 Å². The first-order valence-corrected chi connectivity index (χ1v) is 11.6. The molecule has 10 heteroatoms. The van der Waals surface area contributed by atoms with Gasteiger partial charge in [-0.25, -0.2) is 23.5 Å². The Morgan fingerprint density at radius 1 is 1.10 bits per heavy atom. The van der Waals surface area contributed by atoms with E-state index in [4.69, 9.17) is 4.98 Å². The van der Waals surface area contributed by atoms with Crippen LogP contribution in [-0.4, -0.2) is 42.8 Å². The lowest BCUT2D eigenvalue weighted by molar-refractivity contribution is -0.137. The van der Waals surface area contributed by atoms with Gasteiger partial charge in [-0.15, -0.1) is 0 Å². The number of rotatable bonds is 5. The summed E-state index contributed by atoms with van der Waals surface area (Å²) in [5.74, 6) is 1.65. The summed E-state index contributed by atoms with van der Waals surface area (Å²) in [7, 11) is -1.04. The Bertz CT molecular complexity index is 935. The number of aromatic nitrogens is 3. The zero-order valence-corrected chi connectivity index (χ0v) is 17.5. The van der Waals surface area contributed by atoms with Crippen molar-refractivity contribution in [3.63, 3.8) is 0 Å². The van der Waals surface area contributed by atoms with Gasteiger partial charge in [0.25, 0.3) is 0 Å². The minimum Gasteiger partial charge on any atom is -0.325 e. The fourth-order valence-electron chi connectivity index (χ4n) is 3.83. The number of anilines is 2. The van der Waals surface area contributed by atoms with Crippen molar-refractivity contribution in [3.05, 3.63) is 41.5 Å². The molecule has 1 N–H and O–H groups in total. The number of pyridine rings is 1. The first kappa shape index (κ1) is 21.2. The van der Waals surface area contributed by atoms with Crippen molar-refractivity contribution in [2.45, 2.75) is 50.1 Å². The average molecular weight is 440 g/mol. The molecule has 0 aromatic carbocycles. The van der Waals surface area contributed by atoms with Crippen LogP contribution in [0.25, 0.3) is 0 Å². The van der Waals surface area contributed by atoms with Crippen LogP contribution in [0.1, 0.15) is 61.0 Å². The summed E-state index contributed by atoms with van der Waals surface area (Å²) in [6.07, 6.45) is 3.38. The van der Waals surface area contributed by atoms with E-state index in [0.29, 0.717) is 12.4 Å². The predicted molar refractivity (Wildman–Crippen MR) is 109 cm³/mol. The summed E-state index contributed by atoms with van der Waals surface area (Å²) >= 11 is 0. The highest BCUT2D eigenvalue weighted by atomic mass is 32.2. The van der Waals surface area contributed by atoms with Gasteiger partial charge in [-0.05, 0) is 37.8 Å². The Balaban J connectivity index is 1.63. The van der Waals surface area contributed by atoms with Crippen molar-refractivity contribution in [2.24, 2.45) is 0 Å². The Hall–Kier alpha value is -2.07. The molecule has 0 bridgehead atoms. The molecule has 2 aromatic rings. The van der Waals surface area contributed by atoms with Gasteiger partial charge in [-0.3, -0.25) is 0 Å². The number of nitrogens with zero attached hydrogens (tertiary/aromatic N) is 4. The molecule has 162 valence electrons. The number of alkyl halides is 3. The van der Waals surface area contributed by atoms with Crippen LogP contribution in [0, 0.1) is 0 Å². The first-order chi connectivity index (χ1) is 14.3. The van der Waals surface area contributed by atoms with Crippen molar-refractivity contribution < 1.29 is 17.4 Å². The number of hydrogen-bond donors (Lipinski definition) is 1. The number of hydrogen-bond acceptors (Lipinski definition) is 5. The second kappa shape index (κ2) is 8.58. The Kier molecular flexibility index (Phi) is 6.06. The molecule has 2 atom stereocenters. The molecule has 0 amide bonds. The van der Waals surface area contributed by atoms with Crippen molar-refractivity contribution in [1.29, 1.82) is 0 Å². The van der Waals surface area contributed by atoms with E-state index in [0.717, 1.165) is 68.5 Å². The van der Waals surface area contributed by atoms with Crippen LogP contribution in [-0.2, 0) is 17.2 Å². The third-order valence-electron chi connectivity index (χ3n) is 5.74. The van der Waals surface area contributed by atoms with E-state index in [1.54, 1.807) is 12.3 Å². The highest BCUT2D eigenvalue weighted by Crippen LogP contribution is 2.37. The molecular formula is C20H24F3N5OS. The monoisotopic (exact) mass is 439 g/mol. The summed E-state index contributed by atoms with van der Waals surface area (Å²) in [4.78, 5) is 13.4. The number of piperidine rings is 1. The molecule has 0 spiro atoms. The van der Waals surface area contributed by atoms with E-state index < -0.39 is 22.7 Å². The van der Waals surface area contributed by atoms with E-state index >= 15 is 0 Å². The summed E-state index contributed by atoms with van der Waals surface area (Å²) in [5.41, 5.74) is 0.0818. The van der Waals surface area contributed by atoms with Crippen LogP contribution in [0.5, 0.6) is 0 Å². The number of nitrogens with one attached hydrogen (secondary N) is 1. The van der Waals surface area contributed by atoms with Crippen LogP contribution in [0.2, 0.25) is 0 Å². The fraction of sp³-hybridized carbons (Fsp3) is 0.550. The van der Waals surface area contributed by atoms with Gasteiger partial charge in [-0.2, -0.15) is 13.2 Å². The fourth-order valence-corrected chi connectivity index (χ4v) is 4.61. The van der Waals surface area contributed by atoms with Gasteiger partial charge in [0.15, 0.2) is 0 Å². The molecule has 2 aromatic heterocycles. The van der Waals surface area contributed by atoms with E-state index in [-0.39, 0.29) is 17.7 Å². The third kappa shape index (κ3) is 4.80.